The molecular weight excluding hydrogens is 420 g/mol. The van der Waals surface area contributed by atoms with Crippen LogP contribution in [0.2, 0.25) is 0 Å². The second kappa shape index (κ2) is 7.07. The molecule has 0 saturated heterocycles. The van der Waals surface area contributed by atoms with E-state index in [4.69, 9.17) is 0 Å². The van der Waals surface area contributed by atoms with Crippen molar-refractivity contribution >= 4 is 5.65 Å². The number of alkyl halides is 5. The molecule has 0 unspecified atom stereocenters. The predicted octanol–water partition coefficient (Wildman–Crippen LogP) is 3.88. The Morgan fingerprint density at radius 3 is 2.47 bits per heavy atom. The molecule has 1 saturated carbocycles. The number of nitrogens with zero attached hydrogens (tertiary/aromatic N) is 5. The molecule has 0 aromatic carbocycles. The first kappa shape index (κ1) is 20.3. The zero-order valence-corrected chi connectivity index (χ0v) is 15.2. The van der Waals surface area contributed by atoms with Gasteiger partial charge in [0.2, 0.25) is 5.82 Å². The Hall–Kier alpha value is -2.96. The molecule has 0 amide bonds. The van der Waals surface area contributed by atoms with Crippen molar-refractivity contribution in [3.8, 4) is 17.1 Å². The highest BCUT2D eigenvalue weighted by Gasteiger charge is 2.44. The van der Waals surface area contributed by atoms with Gasteiger partial charge in [0.1, 0.15) is 0 Å². The lowest BCUT2D eigenvalue weighted by molar-refractivity contribution is -0.261. The summed E-state index contributed by atoms with van der Waals surface area (Å²) in [5.74, 6) is -2.80. The van der Waals surface area contributed by atoms with Crippen molar-refractivity contribution in [2.75, 3.05) is 0 Å². The van der Waals surface area contributed by atoms with Gasteiger partial charge in [-0.15, -0.1) is 10.2 Å². The lowest BCUT2D eigenvalue weighted by atomic mass is 10.2. The molecule has 1 aliphatic carbocycles. The van der Waals surface area contributed by atoms with E-state index in [0.29, 0.717) is 19.8 Å². The Labute approximate surface area is 164 Å². The van der Waals surface area contributed by atoms with Crippen LogP contribution in [-0.2, 0) is 10.8 Å². The maximum Gasteiger partial charge on any atom is 0.425 e. The van der Waals surface area contributed by atoms with Crippen molar-refractivity contribution in [1.29, 1.82) is 0 Å². The van der Waals surface area contributed by atoms with Gasteiger partial charge in [-0.3, -0.25) is 9.38 Å². The number of fused-ring (bicyclic) bond motifs is 1. The summed E-state index contributed by atoms with van der Waals surface area (Å²) in [6.07, 6.45) is -6.91. The zero-order chi connectivity index (χ0) is 21.7. The van der Waals surface area contributed by atoms with Gasteiger partial charge < -0.3 is 9.47 Å². The van der Waals surface area contributed by atoms with Crippen LogP contribution in [0, 0.1) is 5.82 Å². The van der Waals surface area contributed by atoms with Crippen LogP contribution in [0.1, 0.15) is 25.6 Å². The van der Waals surface area contributed by atoms with Gasteiger partial charge in [-0.2, -0.15) is 22.0 Å². The molecule has 4 rings (SSSR count). The fourth-order valence-electron chi connectivity index (χ4n) is 2.48. The van der Waals surface area contributed by atoms with E-state index in [2.05, 4.69) is 29.6 Å². The molecule has 0 bridgehead atoms. The third kappa shape index (κ3) is 4.01. The number of hydrogen-bond donors (Lipinski definition) is 0. The van der Waals surface area contributed by atoms with Crippen molar-refractivity contribution in [3.63, 3.8) is 0 Å². The number of aromatic nitrogens is 5. The minimum Gasteiger partial charge on any atom is -0.463 e. The highest BCUT2D eigenvalue weighted by atomic mass is 19.4. The van der Waals surface area contributed by atoms with Crippen LogP contribution >= 0.6 is 0 Å². The van der Waals surface area contributed by atoms with Gasteiger partial charge >= 0.3 is 12.3 Å². The Kier molecular flexibility index (Phi) is 4.79. The number of pyridine rings is 1. The molecule has 160 valence electrons. The van der Waals surface area contributed by atoms with Gasteiger partial charge in [0.25, 0.3) is 5.88 Å². The topological polar surface area (TPSA) is 74.4 Å². The summed E-state index contributed by atoms with van der Waals surface area (Å²) in [6, 6.07) is 0.836. The molecule has 0 radical (unpaired) electrons. The van der Waals surface area contributed by atoms with Crippen molar-refractivity contribution in [3.05, 3.63) is 36.3 Å². The normalized spacial score (nSPS) is 16.1. The quantitative estimate of drug-likeness (QED) is 0.550. The summed E-state index contributed by atoms with van der Waals surface area (Å²) in [5, 5.41) is 7.06. The van der Waals surface area contributed by atoms with E-state index in [1.54, 1.807) is 0 Å². The Bertz CT molecular complexity index is 1080. The maximum atomic E-state index is 14.3. The van der Waals surface area contributed by atoms with E-state index in [9.17, 15) is 26.3 Å². The summed E-state index contributed by atoms with van der Waals surface area (Å²) >= 11 is 0. The lowest BCUT2D eigenvalue weighted by Crippen LogP contribution is -2.31. The van der Waals surface area contributed by atoms with Crippen molar-refractivity contribution in [2.45, 2.75) is 44.3 Å². The van der Waals surface area contributed by atoms with Crippen molar-refractivity contribution < 1.29 is 35.8 Å². The van der Waals surface area contributed by atoms with Gasteiger partial charge in [-0.25, -0.2) is 9.37 Å². The molecule has 3 aromatic heterocycles. The molecule has 1 fully saturated rings. The first-order chi connectivity index (χ1) is 14.0. The second-order valence-corrected chi connectivity index (χ2v) is 6.67. The predicted molar refractivity (Wildman–Crippen MR) is 88.1 cm³/mol. The molecular formula is C17H13F6N5O2. The number of rotatable bonds is 6. The molecule has 1 aliphatic rings. The Morgan fingerprint density at radius 2 is 1.83 bits per heavy atom. The third-order valence-corrected chi connectivity index (χ3v) is 4.24. The van der Waals surface area contributed by atoms with Crippen molar-refractivity contribution in [2.24, 2.45) is 0 Å². The summed E-state index contributed by atoms with van der Waals surface area (Å²) in [7, 11) is 0. The summed E-state index contributed by atoms with van der Waals surface area (Å²) in [4.78, 5) is 7.52. The monoisotopic (exact) mass is 433 g/mol. The first-order valence-corrected chi connectivity index (χ1v) is 8.71. The summed E-state index contributed by atoms with van der Waals surface area (Å²) in [5.41, 5.74) is 0.0280. The van der Waals surface area contributed by atoms with Crippen LogP contribution in [0.25, 0.3) is 16.9 Å². The van der Waals surface area contributed by atoms with Crippen LogP contribution in [0.3, 0.4) is 0 Å². The van der Waals surface area contributed by atoms with E-state index < -0.39 is 42.0 Å². The van der Waals surface area contributed by atoms with Crippen molar-refractivity contribution in [1.82, 2.24) is 24.6 Å². The number of ether oxygens (including phenoxy) is 2. The highest BCUT2D eigenvalue weighted by Crippen LogP contribution is 2.37. The zero-order valence-electron chi connectivity index (χ0n) is 15.2. The third-order valence-electron chi connectivity index (χ3n) is 4.24. The summed E-state index contributed by atoms with van der Waals surface area (Å²) in [6.45, 7) is 0.710. The molecule has 0 spiro atoms. The lowest BCUT2D eigenvalue weighted by Gasteiger charge is -2.17. The van der Waals surface area contributed by atoms with Crippen LogP contribution in [0.5, 0.6) is 5.88 Å². The van der Waals surface area contributed by atoms with Gasteiger partial charge in [0, 0.05) is 18.0 Å². The van der Waals surface area contributed by atoms with Crippen LogP contribution in [0.4, 0.5) is 26.3 Å². The minimum absolute atomic E-state index is 0.000193. The fraction of sp³-hybridized carbons (Fsp3) is 0.412. The molecule has 3 aromatic rings. The molecule has 1 atom stereocenters. The van der Waals surface area contributed by atoms with E-state index >= 15 is 0 Å². The van der Waals surface area contributed by atoms with E-state index in [1.807, 2.05) is 0 Å². The number of hydrogen-bond acceptors (Lipinski definition) is 6. The van der Waals surface area contributed by atoms with E-state index in [1.165, 1.54) is 0 Å². The average Bonchev–Trinajstić information content (AvgIpc) is 3.35. The minimum atomic E-state index is -4.70. The first-order valence-electron chi connectivity index (χ1n) is 8.71. The Morgan fingerprint density at radius 1 is 1.10 bits per heavy atom. The number of halogens is 6. The van der Waals surface area contributed by atoms with Gasteiger partial charge in [-0.05, 0) is 25.8 Å². The van der Waals surface area contributed by atoms with Gasteiger partial charge in [0.05, 0.1) is 18.0 Å². The molecule has 7 nitrogen and oxygen atoms in total. The van der Waals surface area contributed by atoms with Crippen LogP contribution in [0.15, 0.2) is 24.7 Å². The highest BCUT2D eigenvalue weighted by molar-refractivity contribution is 5.59. The smallest absolute Gasteiger partial charge is 0.425 e. The van der Waals surface area contributed by atoms with Gasteiger partial charge in [-0.1, -0.05) is 0 Å². The van der Waals surface area contributed by atoms with Crippen LogP contribution < -0.4 is 4.74 Å². The molecule has 13 heteroatoms. The molecule has 30 heavy (non-hydrogen) atoms. The second-order valence-electron chi connectivity index (χ2n) is 6.67. The fourth-order valence-corrected chi connectivity index (χ4v) is 2.48. The Balaban J connectivity index is 1.64. The average molecular weight is 433 g/mol. The SMILES string of the molecule is C[C@H](Oc1ncc(-c2cn3c(C(F)(F)OC4CC4)nnc3cn2)cc1F)C(F)(F)F. The molecule has 3 heterocycles. The van der Waals surface area contributed by atoms with Gasteiger partial charge in [0.15, 0.2) is 17.6 Å². The molecule has 0 N–H and O–H groups in total. The largest absolute Gasteiger partial charge is 0.463 e. The van der Waals surface area contributed by atoms with Crippen LogP contribution in [-0.4, -0.2) is 43.0 Å². The van der Waals surface area contributed by atoms with E-state index in [0.717, 1.165) is 29.1 Å². The van der Waals surface area contributed by atoms with E-state index in [-0.39, 0.29) is 16.9 Å². The summed E-state index contributed by atoms with van der Waals surface area (Å²) < 4.78 is 90.7. The molecule has 0 aliphatic heterocycles. The standard InChI is InChI=1S/C17H13F6N5O2/c1-8(16(19,20)21)29-14-11(18)4-9(5-25-14)12-7-28-13(6-24-12)26-27-15(28)17(22,23)30-10-2-3-10/h4-8,10H,2-3H2,1H3/t8-/m0/s1. The maximum absolute atomic E-state index is 14.3.